The van der Waals surface area contributed by atoms with Crippen LogP contribution in [-0.4, -0.2) is 19.6 Å². The van der Waals surface area contributed by atoms with Crippen LogP contribution in [0.2, 0.25) is 0 Å². The van der Waals surface area contributed by atoms with Crippen molar-refractivity contribution in [1.82, 2.24) is 5.32 Å². The molecule has 2 nitrogen and oxygen atoms in total. The maximum absolute atomic E-state index is 5.28. The fourth-order valence-corrected chi connectivity index (χ4v) is 0.493. The van der Waals surface area contributed by atoms with E-state index in [0.29, 0.717) is 6.04 Å². The van der Waals surface area contributed by atoms with Gasteiger partial charge < -0.3 is 11.1 Å². The van der Waals surface area contributed by atoms with Crippen molar-refractivity contribution in [3.63, 3.8) is 0 Å². The van der Waals surface area contributed by atoms with Gasteiger partial charge in [0.05, 0.1) is 0 Å². The van der Waals surface area contributed by atoms with Crippen LogP contribution in [0, 0.1) is 0 Å². The lowest BCUT2D eigenvalue weighted by atomic mass is 10.3. The third-order valence-corrected chi connectivity index (χ3v) is 1.21. The Morgan fingerprint density at radius 3 is 2.78 bits per heavy atom. The highest BCUT2D eigenvalue weighted by Gasteiger charge is 1.85. The predicted octanol–water partition coefficient (Wildman–Crippen LogP) is 0.499. The van der Waals surface area contributed by atoms with Crippen LogP contribution < -0.4 is 11.1 Å². The first kappa shape index (κ1) is 8.66. The van der Waals surface area contributed by atoms with Crippen molar-refractivity contribution >= 4 is 0 Å². The summed E-state index contributed by atoms with van der Waals surface area (Å²) in [5.41, 5.74) is 5.28. The fourth-order valence-electron chi connectivity index (χ4n) is 0.493. The molecule has 1 unspecified atom stereocenters. The molecule has 0 aromatic carbocycles. The minimum absolute atomic E-state index is 0.469. The highest BCUT2D eigenvalue weighted by Crippen LogP contribution is 1.84. The van der Waals surface area contributed by atoms with Gasteiger partial charge >= 0.3 is 0 Å². The minimum Gasteiger partial charge on any atom is -0.330 e. The van der Waals surface area contributed by atoms with E-state index in [1.54, 1.807) is 0 Å². The molecule has 3 N–H and O–H groups in total. The number of nitrogens with two attached hydrogens (primary N) is 1. The SMILES string of the molecule is CNC(C)C=CCCN. The van der Waals surface area contributed by atoms with Crippen LogP contribution in [0.3, 0.4) is 0 Å². The summed E-state index contributed by atoms with van der Waals surface area (Å²) in [6.07, 6.45) is 5.19. The van der Waals surface area contributed by atoms with Gasteiger partial charge in [0.2, 0.25) is 0 Å². The highest BCUT2D eigenvalue weighted by atomic mass is 14.8. The Bertz CT molecular complexity index is 79.0. The third-order valence-electron chi connectivity index (χ3n) is 1.21. The van der Waals surface area contributed by atoms with E-state index in [4.69, 9.17) is 5.73 Å². The molecule has 0 aliphatic rings. The number of hydrogen-bond acceptors (Lipinski definition) is 2. The third kappa shape index (κ3) is 5.53. The fraction of sp³-hybridized carbons (Fsp3) is 0.714. The molecule has 0 heterocycles. The molecule has 2 heteroatoms. The lowest BCUT2D eigenvalue weighted by Gasteiger charge is -2.00. The molecule has 0 aliphatic carbocycles. The van der Waals surface area contributed by atoms with Gasteiger partial charge in [-0.15, -0.1) is 0 Å². The largest absolute Gasteiger partial charge is 0.330 e. The lowest BCUT2D eigenvalue weighted by Crippen LogP contribution is -2.17. The normalized spacial score (nSPS) is 14.6. The van der Waals surface area contributed by atoms with Gasteiger partial charge in [-0.05, 0) is 26.9 Å². The molecule has 9 heavy (non-hydrogen) atoms. The molecule has 0 aliphatic heterocycles. The monoisotopic (exact) mass is 128 g/mol. The van der Waals surface area contributed by atoms with E-state index in [9.17, 15) is 0 Å². The van der Waals surface area contributed by atoms with Gasteiger partial charge in [0.1, 0.15) is 0 Å². The summed E-state index contributed by atoms with van der Waals surface area (Å²) < 4.78 is 0. The molecule has 1 atom stereocenters. The number of hydrogen-bond donors (Lipinski definition) is 2. The van der Waals surface area contributed by atoms with Crippen molar-refractivity contribution in [3.8, 4) is 0 Å². The van der Waals surface area contributed by atoms with Crippen molar-refractivity contribution in [2.24, 2.45) is 5.73 Å². The van der Waals surface area contributed by atoms with Crippen LogP contribution in [-0.2, 0) is 0 Å². The Balaban J connectivity index is 3.20. The Hall–Kier alpha value is -0.340. The van der Waals surface area contributed by atoms with Gasteiger partial charge in [0.15, 0.2) is 0 Å². The van der Waals surface area contributed by atoms with E-state index in [1.165, 1.54) is 0 Å². The van der Waals surface area contributed by atoms with Crippen molar-refractivity contribution < 1.29 is 0 Å². The minimum atomic E-state index is 0.469. The van der Waals surface area contributed by atoms with Crippen LogP contribution >= 0.6 is 0 Å². The van der Waals surface area contributed by atoms with E-state index in [1.807, 2.05) is 7.05 Å². The first-order chi connectivity index (χ1) is 4.31. The lowest BCUT2D eigenvalue weighted by molar-refractivity contribution is 0.726. The summed E-state index contributed by atoms with van der Waals surface area (Å²) in [6, 6.07) is 0.469. The average Bonchev–Trinajstić information content (AvgIpc) is 1.89. The second-order valence-electron chi connectivity index (χ2n) is 2.08. The maximum Gasteiger partial charge on any atom is 0.0218 e. The average molecular weight is 128 g/mol. The molecular formula is C7H16N2. The van der Waals surface area contributed by atoms with Gasteiger partial charge in [-0.25, -0.2) is 0 Å². The van der Waals surface area contributed by atoms with Crippen LogP contribution in [0.5, 0.6) is 0 Å². The second kappa shape index (κ2) is 5.79. The number of nitrogens with one attached hydrogen (secondary N) is 1. The Morgan fingerprint density at radius 1 is 1.67 bits per heavy atom. The molecule has 0 rings (SSSR count). The molecule has 0 saturated heterocycles. The first-order valence-electron chi connectivity index (χ1n) is 3.35. The van der Waals surface area contributed by atoms with E-state index >= 15 is 0 Å². The number of rotatable bonds is 4. The molecule has 0 bridgehead atoms. The summed E-state index contributed by atoms with van der Waals surface area (Å²) in [5.74, 6) is 0. The quantitative estimate of drug-likeness (QED) is 0.541. The van der Waals surface area contributed by atoms with Crippen LogP contribution in [0.25, 0.3) is 0 Å². The van der Waals surface area contributed by atoms with Gasteiger partial charge in [0, 0.05) is 6.04 Å². The summed E-state index contributed by atoms with van der Waals surface area (Å²) in [4.78, 5) is 0. The Labute approximate surface area is 57.1 Å². The van der Waals surface area contributed by atoms with Gasteiger partial charge in [0.25, 0.3) is 0 Å². The smallest absolute Gasteiger partial charge is 0.0218 e. The topological polar surface area (TPSA) is 38.0 Å². The molecular weight excluding hydrogens is 112 g/mol. The maximum atomic E-state index is 5.28. The molecule has 0 fully saturated rings. The van der Waals surface area contributed by atoms with Crippen molar-refractivity contribution in [2.45, 2.75) is 19.4 Å². The van der Waals surface area contributed by atoms with E-state index in [-0.39, 0.29) is 0 Å². The summed E-state index contributed by atoms with van der Waals surface area (Å²) in [6.45, 7) is 2.85. The molecule has 0 radical (unpaired) electrons. The second-order valence-corrected chi connectivity index (χ2v) is 2.08. The highest BCUT2D eigenvalue weighted by molar-refractivity contribution is 4.89. The van der Waals surface area contributed by atoms with Crippen molar-refractivity contribution in [2.75, 3.05) is 13.6 Å². The van der Waals surface area contributed by atoms with Crippen LogP contribution in [0.1, 0.15) is 13.3 Å². The standard InChI is InChI=1S/C7H16N2/c1-7(9-2)5-3-4-6-8/h3,5,7,9H,4,6,8H2,1-2H3. The summed E-state index contributed by atoms with van der Waals surface area (Å²) in [5, 5.41) is 3.10. The Kier molecular flexibility index (Phi) is 5.57. The molecule has 54 valence electrons. The molecule has 0 amide bonds. The van der Waals surface area contributed by atoms with Crippen molar-refractivity contribution in [3.05, 3.63) is 12.2 Å². The first-order valence-corrected chi connectivity index (χ1v) is 3.35. The van der Waals surface area contributed by atoms with Crippen LogP contribution in [0.15, 0.2) is 12.2 Å². The zero-order chi connectivity index (χ0) is 7.11. The Morgan fingerprint density at radius 2 is 2.33 bits per heavy atom. The number of likely N-dealkylation sites (N-methyl/N-ethyl adjacent to an activating group) is 1. The zero-order valence-corrected chi connectivity index (χ0v) is 6.22. The van der Waals surface area contributed by atoms with E-state index in [0.717, 1.165) is 13.0 Å². The zero-order valence-electron chi connectivity index (χ0n) is 6.22. The van der Waals surface area contributed by atoms with Gasteiger partial charge in [-0.1, -0.05) is 12.2 Å². The van der Waals surface area contributed by atoms with E-state index < -0.39 is 0 Å². The molecule has 0 spiro atoms. The molecule has 0 saturated carbocycles. The summed E-state index contributed by atoms with van der Waals surface area (Å²) >= 11 is 0. The van der Waals surface area contributed by atoms with Crippen LogP contribution in [0.4, 0.5) is 0 Å². The molecule has 0 aromatic heterocycles. The van der Waals surface area contributed by atoms with Crippen molar-refractivity contribution in [1.29, 1.82) is 0 Å². The molecule has 0 aromatic rings. The summed E-state index contributed by atoms with van der Waals surface area (Å²) in [7, 11) is 1.94. The predicted molar refractivity (Wildman–Crippen MR) is 41.3 cm³/mol. The van der Waals surface area contributed by atoms with Gasteiger partial charge in [-0.3, -0.25) is 0 Å². The van der Waals surface area contributed by atoms with Gasteiger partial charge in [-0.2, -0.15) is 0 Å². The van der Waals surface area contributed by atoms with E-state index in [2.05, 4.69) is 24.4 Å².